The zero-order valence-electron chi connectivity index (χ0n) is 21.6. The van der Waals surface area contributed by atoms with Crippen LogP contribution in [0.4, 0.5) is 15.3 Å². The molecule has 36 heavy (non-hydrogen) atoms. The molecule has 0 bridgehead atoms. The van der Waals surface area contributed by atoms with E-state index < -0.39 is 17.6 Å². The van der Waals surface area contributed by atoms with Gasteiger partial charge in [0.15, 0.2) is 11.5 Å². The van der Waals surface area contributed by atoms with Crippen LogP contribution in [0, 0.1) is 5.92 Å². The van der Waals surface area contributed by atoms with Crippen molar-refractivity contribution in [2.45, 2.75) is 39.2 Å². The molecule has 2 aliphatic rings. The molecule has 3 amide bonds. The molecule has 2 aliphatic heterocycles. The lowest BCUT2D eigenvalue weighted by atomic mass is 10.1. The maximum atomic E-state index is 12.1. The molecule has 11 heteroatoms. The summed E-state index contributed by atoms with van der Waals surface area (Å²) in [7, 11) is 3.16. The van der Waals surface area contributed by atoms with Crippen LogP contribution in [0.3, 0.4) is 0 Å². The molecule has 0 radical (unpaired) electrons. The number of anilines is 1. The minimum atomic E-state index is -0.499. The van der Waals surface area contributed by atoms with Crippen molar-refractivity contribution in [2.75, 3.05) is 51.8 Å². The SMILES string of the molecule is COc1cc(/C=C2\SC(=O)NC2=O)c(N2CCC(CNCCCNC(=O)OC(C)(C)C)C2)cc1OC. The number of benzene rings is 1. The molecule has 2 saturated heterocycles. The van der Waals surface area contributed by atoms with E-state index in [9.17, 15) is 14.4 Å². The van der Waals surface area contributed by atoms with E-state index in [1.54, 1.807) is 20.3 Å². The van der Waals surface area contributed by atoms with E-state index in [1.807, 2.05) is 32.9 Å². The van der Waals surface area contributed by atoms with Crippen molar-refractivity contribution in [3.05, 3.63) is 22.6 Å². The normalized spacial score (nSPS) is 19.0. The van der Waals surface area contributed by atoms with Gasteiger partial charge in [0.2, 0.25) is 0 Å². The summed E-state index contributed by atoms with van der Waals surface area (Å²) in [4.78, 5) is 38.1. The number of rotatable bonds is 10. The molecule has 2 fully saturated rings. The van der Waals surface area contributed by atoms with E-state index in [1.165, 1.54) is 0 Å². The number of alkyl carbamates (subject to hydrolysis) is 1. The number of carbonyl (C=O) groups is 3. The van der Waals surface area contributed by atoms with Crippen LogP contribution in [0.2, 0.25) is 0 Å². The predicted octanol–water partition coefficient (Wildman–Crippen LogP) is 3.36. The van der Waals surface area contributed by atoms with Gasteiger partial charge in [0.05, 0.1) is 19.1 Å². The lowest BCUT2D eigenvalue weighted by Crippen LogP contribution is -2.34. The number of nitrogens with one attached hydrogen (secondary N) is 3. The number of carbonyl (C=O) groups excluding carboxylic acids is 3. The number of hydrogen-bond donors (Lipinski definition) is 3. The largest absolute Gasteiger partial charge is 0.493 e. The molecular formula is C25H36N4O6S. The summed E-state index contributed by atoms with van der Waals surface area (Å²) in [6.45, 7) is 9.42. The summed E-state index contributed by atoms with van der Waals surface area (Å²) in [5.41, 5.74) is 1.22. The van der Waals surface area contributed by atoms with Gasteiger partial charge in [-0.15, -0.1) is 0 Å². The van der Waals surface area contributed by atoms with Crippen molar-refractivity contribution >= 4 is 40.8 Å². The maximum absolute atomic E-state index is 12.1. The highest BCUT2D eigenvalue weighted by Gasteiger charge is 2.28. The monoisotopic (exact) mass is 520 g/mol. The first-order valence-electron chi connectivity index (χ1n) is 12.0. The van der Waals surface area contributed by atoms with Crippen LogP contribution in [0.1, 0.15) is 39.2 Å². The number of methoxy groups -OCH3 is 2. The average molecular weight is 521 g/mol. The van der Waals surface area contributed by atoms with Crippen LogP contribution < -0.4 is 30.3 Å². The van der Waals surface area contributed by atoms with Gasteiger partial charge in [-0.3, -0.25) is 14.9 Å². The summed E-state index contributed by atoms with van der Waals surface area (Å²) in [6.07, 6.45) is 3.15. The fourth-order valence-electron chi connectivity index (χ4n) is 4.08. The van der Waals surface area contributed by atoms with Gasteiger partial charge in [-0.25, -0.2) is 4.79 Å². The summed E-state index contributed by atoms with van der Waals surface area (Å²) in [5.74, 6) is 1.21. The molecule has 0 aliphatic carbocycles. The average Bonchev–Trinajstić information content (AvgIpc) is 3.40. The van der Waals surface area contributed by atoms with Crippen LogP contribution in [-0.2, 0) is 9.53 Å². The van der Waals surface area contributed by atoms with Crippen LogP contribution in [-0.4, -0.2) is 69.8 Å². The zero-order chi connectivity index (χ0) is 26.3. The molecule has 0 spiro atoms. The number of amides is 3. The van der Waals surface area contributed by atoms with Gasteiger partial charge < -0.3 is 29.7 Å². The van der Waals surface area contributed by atoms with Gasteiger partial charge in [0.1, 0.15) is 5.60 Å². The van der Waals surface area contributed by atoms with Gasteiger partial charge in [0.25, 0.3) is 11.1 Å². The number of nitrogens with zero attached hydrogens (tertiary/aromatic N) is 1. The van der Waals surface area contributed by atoms with Crippen molar-refractivity contribution in [1.29, 1.82) is 0 Å². The summed E-state index contributed by atoms with van der Waals surface area (Å²) >= 11 is 0.892. The van der Waals surface area contributed by atoms with Crippen molar-refractivity contribution in [3.8, 4) is 11.5 Å². The lowest BCUT2D eigenvalue weighted by Gasteiger charge is -2.23. The fraction of sp³-hybridized carbons (Fsp3) is 0.560. The highest BCUT2D eigenvalue weighted by Crippen LogP contribution is 2.39. The topological polar surface area (TPSA) is 118 Å². The molecular weight excluding hydrogens is 484 g/mol. The first-order valence-corrected chi connectivity index (χ1v) is 12.8. The minimum Gasteiger partial charge on any atom is -0.493 e. The Morgan fingerprint density at radius 3 is 2.56 bits per heavy atom. The van der Waals surface area contributed by atoms with E-state index in [0.717, 1.165) is 62.0 Å². The molecule has 3 N–H and O–H groups in total. The Bertz CT molecular complexity index is 1010. The Kier molecular flexibility index (Phi) is 9.49. The molecule has 0 saturated carbocycles. The van der Waals surface area contributed by atoms with Crippen LogP contribution >= 0.6 is 11.8 Å². The molecule has 198 valence electrons. The fourth-order valence-corrected chi connectivity index (χ4v) is 4.75. The number of ether oxygens (including phenoxy) is 3. The Morgan fingerprint density at radius 2 is 1.92 bits per heavy atom. The molecule has 0 aromatic heterocycles. The molecule has 10 nitrogen and oxygen atoms in total. The van der Waals surface area contributed by atoms with Crippen molar-refractivity contribution in [3.63, 3.8) is 0 Å². The van der Waals surface area contributed by atoms with E-state index in [-0.39, 0.29) is 5.24 Å². The van der Waals surface area contributed by atoms with Gasteiger partial charge >= 0.3 is 6.09 Å². The number of imide groups is 1. The highest BCUT2D eigenvalue weighted by molar-refractivity contribution is 8.18. The molecule has 1 aromatic carbocycles. The Labute approximate surface area is 216 Å². The summed E-state index contributed by atoms with van der Waals surface area (Å²) in [6, 6.07) is 3.75. The van der Waals surface area contributed by atoms with E-state index in [4.69, 9.17) is 14.2 Å². The third kappa shape index (κ3) is 7.79. The van der Waals surface area contributed by atoms with Gasteiger partial charge in [-0.2, -0.15) is 0 Å². The van der Waals surface area contributed by atoms with Crippen molar-refractivity contribution in [2.24, 2.45) is 5.92 Å². The number of hydrogen-bond acceptors (Lipinski definition) is 9. The van der Waals surface area contributed by atoms with Crippen molar-refractivity contribution < 1.29 is 28.6 Å². The smallest absolute Gasteiger partial charge is 0.407 e. The Morgan fingerprint density at radius 1 is 1.19 bits per heavy atom. The molecule has 2 heterocycles. The standard InChI is InChI=1S/C25H36N4O6S/c1-25(2,3)35-23(31)27-9-6-8-26-14-16-7-10-29(15-16)18-13-20(34-5)19(33-4)11-17(18)12-21-22(30)28-24(32)36-21/h11-13,16,26H,6-10,14-15H2,1-5H3,(H,27,31)(H,28,30,32)/b21-12-. The van der Waals surface area contributed by atoms with Gasteiger partial charge in [-0.05, 0) is 76.5 Å². The molecule has 3 rings (SSSR count). The summed E-state index contributed by atoms with van der Waals surface area (Å²) < 4.78 is 16.2. The second-order valence-electron chi connectivity index (χ2n) is 9.71. The van der Waals surface area contributed by atoms with E-state index in [0.29, 0.717) is 28.9 Å². The van der Waals surface area contributed by atoms with Crippen LogP contribution in [0.5, 0.6) is 11.5 Å². The van der Waals surface area contributed by atoms with Crippen LogP contribution in [0.25, 0.3) is 6.08 Å². The second kappa shape index (κ2) is 12.4. The minimum absolute atomic E-state index is 0.353. The molecule has 1 unspecified atom stereocenters. The second-order valence-corrected chi connectivity index (χ2v) is 10.7. The first-order chi connectivity index (χ1) is 17.1. The first kappa shape index (κ1) is 27.7. The summed E-state index contributed by atoms with van der Waals surface area (Å²) in [5, 5.41) is 8.17. The Balaban J connectivity index is 1.56. The third-order valence-electron chi connectivity index (χ3n) is 5.72. The maximum Gasteiger partial charge on any atom is 0.407 e. The van der Waals surface area contributed by atoms with Crippen LogP contribution in [0.15, 0.2) is 17.0 Å². The Hall–Kier alpha value is -2.92. The lowest BCUT2D eigenvalue weighted by molar-refractivity contribution is -0.115. The molecule has 1 atom stereocenters. The zero-order valence-corrected chi connectivity index (χ0v) is 22.4. The van der Waals surface area contributed by atoms with Gasteiger partial charge in [0, 0.05) is 37.0 Å². The third-order valence-corrected chi connectivity index (χ3v) is 6.53. The predicted molar refractivity (Wildman–Crippen MR) is 141 cm³/mol. The van der Waals surface area contributed by atoms with Crippen molar-refractivity contribution in [1.82, 2.24) is 16.0 Å². The van der Waals surface area contributed by atoms with E-state index >= 15 is 0 Å². The quantitative estimate of drug-likeness (QED) is 0.315. The number of thioether (sulfide) groups is 1. The molecule has 1 aromatic rings. The van der Waals surface area contributed by atoms with E-state index in [2.05, 4.69) is 20.9 Å². The van der Waals surface area contributed by atoms with Gasteiger partial charge in [-0.1, -0.05) is 0 Å². The highest BCUT2D eigenvalue weighted by atomic mass is 32.2.